The van der Waals surface area contributed by atoms with Crippen molar-refractivity contribution >= 4 is 0 Å². The van der Waals surface area contributed by atoms with E-state index in [0.29, 0.717) is 5.56 Å². The fraction of sp³-hybridized carbons (Fsp3) is 0.143. The SMILES string of the molecule is CCc1ccccc1-c1c(F)cccc1F. The predicted molar refractivity (Wildman–Crippen MR) is 61.2 cm³/mol. The molecule has 0 atom stereocenters. The zero-order valence-corrected chi connectivity index (χ0v) is 9.00. The van der Waals surface area contributed by atoms with E-state index in [0.717, 1.165) is 12.0 Å². The summed E-state index contributed by atoms with van der Waals surface area (Å²) in [6, 6.07) is 11.3. The Balaban J connectivity index is 2.67. The maximum Gasteiger partial charge on any atom is 0.133 e. The maximum atomic E-state index is 13.6. The zero-order chi connectivity index (χ0) is 11.5. The molecule has 0 fully saturated rings. The highest BCUT2D eigenvalue weighted by Gasteiger charge is 2.12. The molecule has 0 heterocycles. The van der Waals surface area contributed by atoms with Gasteiger partial charge in [0, 0.05) is 0 Å². The van der Waals surface area contributed by atoms with Crippen molar-refractivity contribution in [1.29, 1.82) is 0 Å². The minimum Gasteiger partial charge on any atom is -0.206 e. The van der Waals surface area contributed by atoms with E-state index in [2.05, 4.69) is 0 Å². The standard InChI is InChI=1S/C14H12F2/c1-2-10-6-3-4-7-11(10)14-12(15)8-5-9-13(14)16/h3-9H,2H2,1H3. The van der Waals surface area contributed by atoms with Gasteiger partial charge in [-0.05, 0) is 29.7 Å². The molecule has 0 aliphatic heterocycles. The maximum absolute atomic E-state index is 13.6. The molecule has 2 heteroatoms. The van der Waals surface area contributed by atoms with Gasteiger partial charge in [0.1, 0.15) is 11.6 Å². The molecule has 2 rings (SSSR count). The average Bonchev–Trinajstić information content (AvgIpc) is 2.29. The summed E-state index contributed by atoms with van der Waals surface area (Å²) in [5.74, 6) is -1.03. The average molecular weight is 218 g/mol. The summed E-state index contributed by atoms with van der Waals surface area (Å²) in [5, 5.41) is 0. The molecule has 82 valence electrons. The van der Waals surface area contributed by atoms with Crippen LogP contribution in [-0.4, -0.2) is 0 Å². The Morgan fingerprint density at radius 2 is 1.50 bits per heavy atom. The van der Waals surface area contributed by atoms with Crippen LogP contribution < -0.4 is 0 Å². The molecule has 0 radical (unpaired) electrons. The van der Waals surface area contributed by atoms with Gasteiger partial charge in [-0.2, -0.15) is 0 Å². The van der Waals surface area contributed by atoms with Crippen LogP contribution in [0.2, 0.25) is 0 Å². The summed E-state index contributed by atoms with van der Waals surface area (Å²) in [6.45, 7) is 1.97. The third kappa shape index (κ3) is 1.83. The lowest BCUT2D eigenvalue weighted by Gasteiger charge is -2.09. The van der Waals surface area contributed by atoms with Gasteiger partial charge in [-0.15, -0.1) is 0 Å². The van der Waals surface area contributed by atoms with Crippen LogP contribution in [0.15, 0.2) is 42.5 Å². The largest absolute Gasteiger partial charge is 0.206 e. The Labute approximate surface area is 93.5 Å². The zero-order valence-electron chi connectivity index (χ0n) is 9.00. The van der Waals surface area contributed by atoms with E-state index in [4.69, 9.17) is 0 Å². The monoisotopic (exact) mass is 218 g/mol. The molecule has 0 nitrogen and oxygen atoms in total. The van der Waals surface area contributed by atoms with E-state index in [1.165, 1.54) is 18.2 Å². The molecule has 0 saturated heterocycles. The number of aryl methyl sites for hydroxylation is 1. The van der Waals surface area contributed by atoms with Crippen LogP contribution in [0.25, 0.3) is 11.1 Å². The van der Waals surface area contributed by atoms with Crippen LogP contribution in [0.4, 0.5) is 8.78 Å². The molecule has 0 spiro atoms. The predicted octanol–water partition coefficient (Wildman–Crippen LogP) is 4.19. The van der Waals surface area contributed by atoms with Gasteiger partial charge in [0.25, 0.3) is 0 Å². The first-order chi connectivity index (χ1) is 7.74. The van der Waals surface area contributed by atoms with Gasteiger partial charge in [0.2, 0.25) is 0 Å². The smallest absolute Gasteiger partial charge is 0.133 e. The fourth-order valence-electron chi connectivity index (χ4n) is 1.83. The van der Waals surface area contributed by atoms with Crippen molar-refractivity contribution in [3.8, 4) is 11.1 Å². The number of hydrogen-bond acceptors (Lipinski definition) is 0. The summed E-state index contributed by atoms with van der Waals surface area (Å²) in [7, 11) is 0. The molecule has 2 aromatic carbocycles. The highest BCUT2D eigenvalue weighted by atomic mass is 19.1. The van der Waals surface area contributed by atoms with Crippen LogP contribution in [0.1, 0.15) is 12.5 Å². The van der Waals surface area contributed by atoms with Gasteiger partial charge >= 0.3 is 0 Å². The Kier molecular flexibility index (Phi) is 3.00. The van der Waals surface area contributed by atoms with Crippen LogP contribution in [0, 0.1) is 11.6 Å². The minimum atomic E-state index is -0.513. The lowest BCUT2D eigenvalue weighted by molar-refractivity contribution is 0.589. The molecule has 0 bridgehead atoms. The normalized spacial score (nSPS) is 10.4. The summed E-state index contributed by atoms with van der Waals surface area (Å²) < 4.78 is 27.2. The summed E-state index contributed by atoms with van der Waals surface area (Å²) >= 11 is 0. The highest BCUT2D eigenvalue weighted by Crippen LogP contribution is 2.29. The molecule has 0 aliphatic carbocycles. The summed E-state index contributed by atoms with van der Waals surface area (Å²) in [5.41, 5.74) is 1.66. The van der Waals surface area contributed by atoms with Crippen molar-refractivity contribution in [2.24, 2.45) is 0 Å². The van der Waals surface area contributed by atoms with Gasteiger partial charge in [0.05, 0.1) is 5.56 Å². The van der Waals surface area contributed by atoms with Gasteiger partial charge in [-0.1, -0.05) is 37.3 Å². The van der Waals surface area contributed by atoms with Crippen molar-refractivity contribution in [3.05, 3.63) is 59.7 Å². The van der Waals surface area contributed by atoms with Crippen molar-refractivity contribution in [2.45, 2.75) is 13.3 Å². The Morgan fingerprint density at radius 3 is 2.12 bits per heavy atom. The summed E-state index contributed by atoms with van der Waals surface area (Å²) in [6.07, 6.45) is 0.754. The van der Waals surface area contributed by atoms with Crippen molar-refractivity contribution in [3.63, 3.8) is 0 Å². The molecular weight excluding hydrogens is 206 g/mol. The molecule has 0 amide bonds. The van der Waals surface area contributed by atoms with Crippen LogP contribution in [0.3, 0.4) is 0 Å². The molecule has 0 N–H and O–H groups in total. The molecule has 0 aromatic heterocycles. The van der Waals surface area contributed by atoms with Gasteiger partial charge in [-0.25, -0.2) is 8.78 Å². The van der Waals surface area contributed by atoms with E-state index >= 15 is 0 Å². The molecule has 16 heavy (non-hydrogen) atoms. The van der Waals surface area contributed by atoms with E-state index < -0.39 is 11.6 Å². The molecule has 0 aliphatic rings. The van der Waals surface area contributed by atoms with Crippen molar-refractivity contribution in [2.75, 3.05) is 0 Å². The molecule has 0 unspecified atom stereocenters. The van der Waals surface area contributed by atoms with E-state index in [1.807, 2.05) is 19.1 Å². The number of halogens is 2. The van der Waals surface area contributed by atoms with Crippen LogP contribution in [0.5, 0.6) is 0 Å². The van der Waals surface area contributed by atoms with Gasteiger partial charge in [-0.3, -0.25) is 0 Å². The quantitative estimate of drug-likeness (QED) is 0.708. The molecule has 2 aromatic rings. The first-order valence-corrected chi connectivity index (χ1v) is 5.26. The van der Waals surface area contributed by atoms with Crippen molar-refractivity contribution in [1.82, 2.24) is 0 Å². The highest BCUT2D eigenvalue weighted by molar-refractivity contribution is 5.68. The lowest BCUT2D eigenvalue weighted by atomic mass is 9.97. The van der Waals surface area contributed by atoms with E-state index in [9.17, 15) is 8.78 Å². The first kappa shape index (κ1) is 10.8. The van der Waals surface area contributed by atoms with Crippen LogP contribution in [-0.2, 0) is 6.42 Å². The number of benzene rings is 2. The number of hydrogen-bond donors (Lipinski definition) is 0. The second-order valence-corrected chi connectivity index (χ2v) is 3.61. The van der Waals surface area contributed by atoms with Crippen LogP contribution >= 0.6 is 0 Å². The first-order valence-electron chi connectivity index (χ1n) is 5.26. The Morgan fingerprint density at radius 1 is 0.875 bits per heavy atom. The van der Waals surface area contributed by atoms with Gasteiger partial charge in [0.15, 0.2) is 0 Å². The summed E-state index contributed by atoms with van der Waals surface area (Å²) in [4.78, 5) is 0. The van der Waals surface area contributed by atoms with E-state index in [-0.39, 0.29) is 5.56 Å². The minimum absolute atomic E-state index is 0.0694. The fourth-order valence-corrected chi connectivity index (χ4v) is 1.83. The van der Waals surface area contributed by atoms with Gasteiger partial charge < -0.3 is 0 Å². The second kappa shape index (κ2) is 4.44. The third-order valence-corrected chi connectivity index (χ3v) is 2.63. The second-order valence-electron chi connectivity index (χ2n) is 3.61. The third-order valence-electron chi connectivity index (χ3n) is 2.63. The molecule has 0 saturated carbocycles. The molecular formula is C14H12F2. The number of rotatable bonds is 2. The Bertz CT molecular complexity index is 484. The lowest BCUT2D eigenvalue weighted by Crippen LogP contribution is -1.93. The van der Waals surface area contributed by atoms with Crippen molar-refractivity contribution < 1.29 is 8.78 Å². The van der Waals surface area contributed by atoms with E-state index in [1.54, 1.807) is 12.1 Å². The topological polar surface area (TPSA) is 0 Å². The Hall–Kier alpha value is -1.70.